The first-order valence-corrected chi connectivity index (χ1v) is 8.95. The summed E-state index contributed by atoms with van der Waals surface area (Å²) in [6, 6.07) is 7.07. The van der Waals surface area contributed by atoms with Gasteiger partial charge in [0.2, 0.25) is 10.0 Å². The smallest absolute Gasteiger partial charge is 0.234 e. The summed E-state index contributed by atoms with van der Waals surface area (Å²) in [5, 5.41) is 3.30. The molecule has 1 N–H and O–H groups in total. The Labute approximate surface area is 127 Å². The largest absolute Gasteiger partial charge is 0.497 e. The number of anilines is 1. The van der Waals surface area contributed by atoms with E-state index in [1.807, 2.05) is 0 Å². The SMILES string of the molecule is COc1ccc(N(C)S(=O)(=O)CCC2CCNCC2)cc1. The average Bonchev–Trinajstić information content (AvgIpc) is 2.53. The van der Waals surface area contributed by atoms with Crippen molar-refractivity contribution in [1.82, 2.24) is 5.32 Å². The van der Waals surface area contributed by atoms with Crippen LogP contribution in [0.4, 0.5) is 5.69 Å². The maximum atomic E-state index is 12.4. The molecule has 0 atom stereocenters. The van der Waals surface area contributed by atoms with Crippen LogP contribution in [0.15, 0.2) is 24.3 Å². The van der Waals surface area contributed by atoms with Crippen LogP contribution in [0.1, 0.15) is 19.3 Å². The number of sulfonamides is 1. The first-order valence-electron chi connectivity index (χ1n) is 7.34. The lowest BCUT2D eigenvalue weighted by Gasteiger charge is -2.24. The van der Waals surface area contributed by atoms with Crippen LogP contribution < -0.4 is 14.4 Å². The molecule has 1 aromatic carbocycles. The molecule has 1 aliphatic heterocycles. The van der Waals surface area contributed by atoms with Gasteiger partial charge >= 0.3 is 0 Å². The van der Waals surface area contributed by atoms with E-state index in [-0.39, 0.29) is 5.75 Å². The van der Waals surface area contributed by atoms with Gasteiger partial charge in [-0.1, -0.05) is 0 Å². The Hall–Kier alpha value is -1.27. The van der Waals surface area contributed by atoms with Gasteiger partial charge in [0.15, 0.2) is 0 Å². The predicted octanol–water partition coefficient (Wildman–Crippen LogP) is 1.85. The summed E-state index contributed by atoms with van der Waals surface area (Å²) >= 11 is 0. The maximum Gasteiger partial charge on any atom is 0.234 e. The Morgan fingerprint density at radius 1 is 1.24 bits per heavy atom. The van der Waals surface area contributed by atoms with Crippen molar-refractivity contribution in [2.24, 2.45) is 5.92 Å². The summed E-state index contributed by atoms with van der Waals surface area (Å²) in [6.45, 7) is 2.00. The van der Waals surface area contributed by atoms with Crippen LogP contribution in [0.5, 0.6) is 5.75 Å². The van der Waals surface area contributed by atoms with Crippen molar-refractivity contribution >= 4 is 15.7 Å². The average molecular weight is 312 g/mol. The van der Waals surface area contributed by atoms with Crippen LogP contribution >= 0.6 is 0 Å². The van der Waals surface area contributed by atoms with Crippen molar-refractivity contribution in [2.75, 3.05) is 37.3 Å². The lowest BCUT2D eigenvalue weighted by molar-refractivity contribution is 0.365. The Balaban J connectivity index is 1.96. The molecule has 2 rings (SSSR count). The summed E-state index contributed by atoms with van der Waals surface area (Å²) in [6.07, 6.45) is 2.88. The molecule has 0 aliphatic carbocycles. The molecular weight excluding hydrogens is 288 g/mol. The minimum absolute atomic E-state index is 0.209. The molecule has 1 aromatic rings. The fourth-order valence-electron chi connectivity index (χ4n) is 2.58. The van der Waals surface area contributed by atoms with E-state index in [2.05, 4.69) is 5.32 Å². The summed E-state index contributed by atoms with van der Waals surface area (Å²) < 4.78 is 31.3. The summed E-state index contributed by atoms with van der Waals surface area (Å²) in [4.78, 5) is 0. The highest BCUT2D eigenvalue weighted by atomic mass is 32.2. The first-order chi connectivity index (χ1) is 10.0. The third kappa shape index (κ3) is 4.35. The maximum absolute atomic E-state index is 12.4. The molecule has 118 valence electrons. The zero-order valence-electron chi connectivity index (χ0n) is 12.7. The molecule has 0 saturated carbocycles. The van der Waals surface area contributed by atoms with Gasteiger partial charge < -0.3 is 10.1 Å². The van der Waals surface area contributed by atoms with Crippen molar-refractivity contribution in [3.8, 4) is 5.75 Å². The first kappa shape index (κ1) is 16.1. The molecule has 1 aliphatic rings. The topological polar surface area (TPSA) is 58.6 Å². The fourth-order valence-corrected chi connectivity index (χ4v) is 3.92. The van der Waals surface area contributed by atoms with Gasteiger partial charge in [0, 0.05) is 7.05 Å². The number of piperidine rings is 1. The minimum Gasteiger partial charge on any atom is -0.497 e. The highest BCUT2D eigenvalue weighted by Gasteiger charge is 2.21. The lowest BCUT2D eigenvalue weighted by atomic mass is 9.96. The summed E-state index contributed by atoms with van der Waals surface area (Å²) in [7, 11) is -0.0577. The molecule has 0 amide bonds. The highest BCUT2D eigenvalue weighted by Crippen LogP contribution is 2.23. The Bertz CT molecular complexity index is 537. The number of ether oxygens (including phenoxy) is 1. The third-order valence-corrected chi connectivity index (χ3v) is 5.89. The predicted molar refractivity (Wildman–Crippen MR) is 85.4 cm³/mol. The molecule has 1 saturated heterocycles. The van der Waals surface area contributed by atoms with E-state index < -0.39 is 10.0 Å². The van der Waals surface area contributed by atoms with Crippen LogP contribution in [-0.4, -0.2) is 41.4 Å². The van der Waals surface area contributed by atoms with Gasteiger partial charge in [0.25, 0.3) is 0 Å². The van der Waals surface area contributed by atoms with Gasteiger partial charge in [0.1, 0.15) is 5.75 Å². The second-order valence-corrected chi connectivity index (χ2v) is 7.58. The number of nitrogens with zero attached hydrogens (tertiary/aromatic N) is 1. The normalized spacial score (nSPS) is 16.7. The third-order valence-electron chi connectivity index (χ3n) is 4.10. The monoisotopic (exact) mass is 312 g/mol. The van der Waals surface area contributed by atoms with E-state index in [1.54, 1.807) is 38.4 Å². The molecule has 0 radical (unpaired) electrons. The van der Waals surface area contributed by atoms with Crippen LogP contribution in [0.2, 0.25) is 0 Å². The van der Waals surface area contributed by atoms with Crippen LogP contribution in [0, 0.1) is 5.92 Å². The number of hydrogen-bond donors (Lipinski definition) is 1. The van der Waals surface area contributed by atoms with Crippen LogP contribution in [0.25, 0.3) is 0 Å². The van der Waals surface area contributed by atoms with Crippen molar-refractivity contribution in [1.29, 1.82) is 0 Å². The molecule has 1 heterocycles. The van der Waals surface area contributed by atoms with Gasteiger partial charge in [-0.3, -0.25) is 4.31 Å². The lowest BCUT2D eigenvalue weighted by Crippen LogP contribution is -2.32. The Morgan fingerprint density at radius 2 is 1.86 bits per heavy atom. The summed E-state index contributed by atoms with van der Waals surface area (Å²) in [5.41, 5.74) is 0.668. The molecular formula is C15H24N2O3S. The fraction of sp³-hybridized carbons (Fsp3) is 0.600. The van der Waals surface area contributed by atoms with Crippen molar-refractivity contribution < 1.29 is 13.2 Å². The van der Waals surface area contributed by atoms with Gasteiger partial charge in [0.05, 0.1) is 18.6 Å². The Morgan fingerprint density at radius 3 is 2.43 bits per heavy atom. The van der Waals surface area contributed by atoms with Gasteiger partial charge in [-0.2, -0.15) is 0 Å². The van der Waals surface area contributed by atoms with Crippen LogP contribution in [-0.2, 0) is 10.0 Å². The Kier molecular flexibility index (Phi) is 5.47. The molecule has 5 nitrogen and oxygen atoms in total. The number of hydrogen-bond acceptors (Lipinski definition) is 4. The van der Waals surface area contributed by atoms with Crippen molar-refractivity contribution in [3.05, 3.63) is 24.3 Å². The number of methoxy groups -OCH3 is 1. The van der Waals surface area contributed by atoms with Gasteiger partial charge in [-0.05, 0) is 62.5 Å². The molecule has 6 heteroatoms. The molecule has 1 fully saturated rings. The molecule has 0 spiro atoms. The van der Waals surface area contributed by atoms with Crippen molar-refractivity contribution in [3.63, 3.8) is 0 Å². The number of nitrogens with one attached hydrogen (secondary N) is 1. The molecule has 0 bridgehead atoms. The standard InChI is InChI=1S/C15H24N2O3S/c1-17(14-3-5-15(20-2)6-4-14)21(18,19)12-9-13-7-10-16-11-8-13/h3-6,13,16H,7-12H2,1-2H3. The van der Waals surface area contributed by atoms with E-state index in [9.17, 15) is 8.42 Å². The molecule has 0 aromatic heterocycles. The number of benzene rings is 1. The van der Waals surface area contributed by atoms with Crippen LogP contribution in [0.3, 0.4) is 0 Å². The minimum atomic E-state index is -3.26. The molecule has 0 unspecified atom stereocenters. The van der Waals surface area contributed by atoms with Gasteiger partial charge in [-0.25, -0.2) is 8.42 Å². The zero-order chi connectivity index (χ0) is 15.3. The van der Waals surface area contributed by atoms with Crippen molar-refractivity contribution in [2.45, 2.75) is 19.3 Å². The molecule has 21 heavy (non-hydrogen) atoms. The van der Waals surface area contributed by atoms with Gasteiger partial charge in [-0.15, -0.1) is 0 Å². The quantitative estimate of drug-likeness (QED) is 0.871. The van der Waals surface area contributed by atoms with E-state index in [1.165, 1.54) is 4.31 Å². The summed E-state index contributed by atoms with van der Waals surface area (Å²) in [5.74, 6) is 1.45. The van der Waals surface area contributed by atoms with E-state index in [0.717, 1.165) is 38.1 Å². The zero-order valence-corrected chi connectivity index (χ0v) is 13.5. The van der Waals surface area contributed by atoms with E-state index in [4.69, 9.17) is 4.74 Å². The second-order valence-electron chi connectivity index (χ2n) is 5.46. The number of rotatable bonds is 6. The van der Waals surface area contributed by atoms with E-state index >= 15 is 0 Å². The second kappa shape index (κ2) is 7.13. The van der Waals surface area contributed by atoms with E-state index in [0.29, 0.717) is 11.6 Å². The highest BCUT2D eigenvalue weighted by molar-refractivity contribution is 7.92.